The first-order chi connectivity index (χ1) is 9.08. The van der Waals surface area contributed by atoms with E-state index in [9.17, 15) is 9.59 Å². The molecule has 1 rings (SSSR count). The van der Waals surface area contributed by atoms with E-state index in [1.165, 1.54) is 7.11 Å². The van der Waals surface area contributed by atoms with Crippen molar-refractivity contribution in [3.8, 4) is 0 Å². The molecule has 0 spiro atoms. The molecule has 0 bridgehead atoms. The average molecular weight is 262 g/mol. The van der Waals surface area contributed by atoms with E-state index in [2.05, 4.69) is 0 Å². The highest BCUT2D eigenvalue weighted by atomic mass is 16.5. The summed E-state index contributed by atoms with van der Waals surface area (Å²) in [6.45, 7) is 3.99. The summed E-state index contributed by atoms with van der Waals surface area (Å²) in [5.41, 5.74) is 2.23. The Morgan fingerprint density at radius 1 is 1.32 bits per heavy atom. The number of hydrogen-bond donors (Lipinski definition) is 0. The Labute approximate surface area is 113 Å². The molecule has 102 valence electrons. The van der Waals surface area contributed by atoms with Crippen LogP contribution in [0.5, 0.6) is 0 Å². The molecule has 0 radical (unpaired) electrons. The molecule has 0 aliphatic carbocycles. The standard InChI is InChI=1S/C15H18O4/c1-4-19-14(16)7-5-6-12-9-8-11(2)13(10-12)15(17)18-3/h5-6,8-10H,4,7H2,1-3H3. The first kappa shape index (κ1) is 15.0. The lowest BCUT2D eigenvalue weighted by Crippen LogP contribution is -2.04. The van der Waals surface area contributed by atoms with Gasteiger partial charge in [-0.2, -0.15) is 0 Å². The molecule has 0 amide bonds. The maximum Gasteiger partial charge on any atom is 0.338 e. The fourth-order valence-electron chi connectivity index (χ4n) is 1.58. The fraction of sp³-hybridized carbons (Fsp3) is 0.333. The van der Waals surface area contributed by atoms with E-state index in [0.717, 1.165) is 11.1 Å². The highest BCUT2D eigenvalue weighted by Crippen LogP contribution is 2.14. The third kappa shape index (κ3) is 4.58. The van der Waals surface area contributed by atoms with Gasteiger partial charge in [0.15, 0.2) is 0 Å². The van der Waals surface area contributed by atoms with Crippen molar-refractivity contribution in [3.63, 3.8) is 0 Å². The molecule has 0 atom stereocenters. The van der Waals surface area contributed by atoms with E-state index in [1.807, 2.05) is 19.1 Å². The van der Waals surface area contributed by atoms with Crippen LogP contribution in [0.3, 0.4) is 0 Å². The SMILES string of the molecule is CCOC(=O)CC=Cc1ccc(C)c(C(=O)OC)c1. The van der Waals surface area contributed by atoms with Gasteiger partial charge in [-0.25, -0.2) is 4.79 Å². The van der Waals surface area contributed by atoms with Gasteiger partial charge >= 0.3 is 11.9 Å². The monoisotopic (exact) mass is 262 g/mol. The zero-order valence-electron chi connectivity index (χ0n) is 11.4. The van der Waals surface area contributed by atoms with Crippen molar-refractivity contribution >= 4 is 18.0 Å². The molecule has 0 aliphatic heterocycles. The third-order valence-corrected chi connectivity index (χ3v) is 2.57. The van der Waals surface area contributed by atoms with E-state index >= 15 is 0 Å². The van der Waals surface area contributed by atoms with Crippen LogP contribution in [-0.2, 0) is 14.3 Å². The van der Waals surface area contributed by atoms with Gasteiger partial charge in [0, 0.05) is 0 Å². The first-order valence-electron chi connectivity index (χ1n) is 6.09. The lowest BCUT2D eigenvalue weighted by molar-refractivity contribution is -0.142. The number of esters is 2. The van der Waals surface area contributed by atoms with Gasteiger partial charge in [0.2, 0.25) is 0 Å². The first-order valence-corrected chi connectivity index (χ1v) is 6.09. The molecule has 0 fully saturated rings. The molecule has 0 heterocycles. The predicted octanol–water partition coefficient (Wildman–Crippen LogP) is 2.75. The van der Waals surface area contributed by atoms with Crippen LogP contribution in [0, 0.1) is 6.92 Å². The molecule has 0 saturated heterocycles. The van der Waals surface area contributed by atoms with Crippen LogP contribution in [0.2, 0.25) is 0 Å². The molecule has 0 aromatic heterocycles. The van der Waals surface area contributed by atoms with Crippen molar-refractivity contribution in [2.45, 2.75) is 20.3 Å². The molecule has 4 nitrogen and oxygen atoms in total. The Balaban J connectivity index is 2.77. The second-order valence-electron chi connectivity index (χ2n) is 3.98. The Morgan fingerprint density at radius 2 is 2.05 bits per heavy atom. The summed E-state index contributed by atoms with van der Waals surface area (Å²) in [5.74, 6) is -0.628. The zero-order valence-corrected chi connectivity index (χ0v) is 11.4. The van der Waals surface area contributed by atoms with Gasteiger partial charge in [0.05, 0.1) is 25.7 Å². The second kappa shape index (κ2) is 7.36. The zero-order chi connectivity index (χ0) is 14.3. The predicted molar refractivity (Wildman–Crippen MR) is 72.8 cm³/mol. The number of benzene rings is 1. The molecule has 0 N–H and O–H groups in total. The second-order valence-corrected chi connectivity index (χ2v) is 3.98. The lowest BCUT2D eigenvalue weighted by atomic mass is 10.0. The van der Waals surface area contributed by atoms with Crippen LogP contribution in [0.4, 0.5) is 0 Å². The third-order valence-electron chi connectivity index (χ3n) is 2.57. The number of hydrogen-bond acceptors (Lipinski definition) is 4. The van der Waals surface area contributed by atoms with Gasteiger partial charge in [-0.1, -0.05) is 24.3 Å². The summed E-state index contributed by atoms with van der Waals surface area (Å²) in [6, 6.07) is 5.46. The summed E-state index contributed by atoms with van der Waals surface area (Å²) in [7, 11) is 1.35. The molecule has 4 heteroatoms. The van der Waals surface area contributed by atoms with Crippen LogP contribution in [0.25, 0.3) is 6.08 Å². The Bertz CT molecular complexity index is 489. The number of aryl methyl sites for hydroxylation is 1. The van der Waals surface area contributed by atoms with E-state index < -0.39 is 0 Å². The maximum absolute atomic E-state index is 11.5. The molecule has 0 unspecified atom stereocenters. The van der Waals surface area contributed by atoms with Crippen LogP contribution in [-0.4, -0.2) is 25.7 Å². The fourth-order valence-corrected chi connectivity index (χ4v) is 1.58. The Kier molecular flexibility index (Phi) is 5.79. The number of methoxy groups -OCH3 is 1. The quantitative estimate of drug-likeness (QED) is 0.766. The van der Waals surface area contributed by atoms with E-state index in [-0.39, 0.29) is 18.4 Å². The van der Waals surface area contributed by atoms with Gasteiger partial charge in [-0.05, 0) is 31.0 Å². The van der Waals surface area contributed by atoms with E-state index in [1.54, 1.807) is 25.1 Å². The minimum absolute atomic E-state index is 0.218. The van der Waals surface area contributed by atoms with Crippen molar-refractivity contribution in [1.82, 2.24) is 0 Å². The summed E-state index contributed by atoms with van der Waals surface area (Å²) in [6.07, 6.45) is 3.71. The maximum atomic E-state index is 11.5. The number of ether oxygens (including phenoxy) is 2. The van der Waals surface area contributed by atoms with E-state index in [0.29, 0.717) is 12.2 Å². The smallest absolute Gasteiger partial charge is 0.338 e. The van der Waals surface area contributed by atoms with Gasteiger partial charge in [-0.15, -0.1) is 0 Å². The summed E-state index contributed by atoms with van der Waals surface area (Å²) >= 11 is 0. The number of carbonyl (C=O) groups is 2. The largest absolute Gasteiger partial charge is 0.466 e. The molecule has 0 saturated carbocycles. The Morgan fingerprint density at radius 3 is 2.68 bits per heavy atom. The van der Waals surface area contributed by atoms with Crippen LogP contribution in [0.15, 0.2) is 24.3 Å². The Hall–Kier alpha value is -2.10. The summed E-state index contributed by atoms with van der Waals surface area (Å²) < 4.78 is 9.52. The summed E-state index contributed by atoms with van der Waals surface area (Å²) in [4.78, 5) is 22.7. The molecule has 0 aliphatic rings. The number of rotatable bonds is 5. The van der Waals surface area contributed by atoms with Crippen molar-refractivity contribution < 1.29 is 19.1 Å². The minimum atomic E-state index is -0.363. The van der Waals surface area contributed by atoms with Gasteiger partial charge in [0.25, 0.3) is 0 Å². The normalized spacial score (nSPS) is 10.5. The van der Waals surface area contributed by atoms with E-state index in [4.69, 9.17) is 9.47 Å². The topological polar surface area (TPSA) is 52.6 Å². The van der Waals surface area contributed by atoms with Crippen molar-refractivity contribution in [2.75, 3.05) is 13.7 Å². The molecule has 19 heavy (non-hydrogen) atoms. The van der Waals surface area contributed by atoms with Gasteiger partial charge < -0.3 is 9.47 Å². The number of carbonyl (C=O) groups excluding carboxylic acids is 2. The lowest BCUT2D eigenvalue weighted by Gasteiger charge is -2.04. The van der Waals surface area contributed by atoms with Gasteiger partial charge in [0.1, 0.15) is 0 Å². The highest BCUT2D eigenvalue weighted by Gasteiger charge is 2.08. The van der Waals surface area contributed by atoms with Crippen LogP contribution >= 0.6 is 0 Å². The van der Waals surface area contributed by atoms with Crippen molar-refractivity contribution in [3.05, 3.63) is 41.0 Å². The minimum Gasteiger partial charge on any atom is -0.466 e. The molecule has 1 aromatic rings. The van der Waals surface area contributed by atoms with Crippen molar-refractivity contribution in [1.29, 1.82) is 0 Å². The van der Waals surface area contributed by atoms with Crippen LogP contribution in [0.1, 0.15) is 34.8 Å². The van der Waals surface area contributed by atoms with Crippen LogP contribution < -0.4 is 0 Å². The molecular formula is C15H18O4. The van der Waals surface area contributed by atoms with Crippen molar-refractivity contribution in [2.24, 2.45) is 0 Å². The highest BCUT2D eigenvalue weighted by molar-refractivity contribution is 5.91. The molecule has 1 aromatic carbocycles. The summed E-state index contributed by atoms with van der Waals surface area (Å²) in [5, 5.41) is 0. The molecular weight excluding hydrogens is 244 g/mol. The van der Waals surface area contributed by atoms with Gasteiger partial charge in [-0.3, -0.25) is 4.79 Å². The average Bonchev–Trinajstić information content (AvgIpc) is 2.40.